The van der Waals surface area contributed by atoms with Gasteiger partial charge in [-0.3, -0.25) is 0 Å². The van der Waals surface area contributed by atoms with Crippen LogP contribution in [0.25, 0.3) is 83.6 Å². The fraction of sp³-hybridized carbons (Fsp3) is 0. The minimum absolute atomic E-state index is 0.676. The van der Waals surface area contributed by atoms with Crippen LogP contribution in [-0.2, 0) is 0 Å². The van der Waals surface area contributed by atoms with Gasteiger partial charge < -0.3 is 8.98 Å². The quantitative estimate of drug-likeness (QED) is 0.166. The highest BCUT2D eigenvalue weighted by Crippen LogP contribution is 2.34. The summed E-state index contributed by atoms with van der Waals surface area (Å²) in [6, 6.07) is 0. The molecule has 0 atom stereocenters. The van der Waals surface area contributed by atoms with E-state index in [0.29, 0.717) is 17.5 Å². The molecule has 0 amide bonds. The summed E-state index contributed by atoms with van der Waals surface area (Å²) in [5.41, 5.74) is 39.2. The average Bonchev–Trinajstić information content (AvgIpc) is 3.88. The van der Waals surface area contributed by atoms with Crippen LogP contribution in [0.2, 0.25) is 0 Å². The molecule has 0 aliphatic heterocycles. The van der Waals surface area contributed by atoms with Crippen molar-refractivity contribution in [3.05, 3.63) is 0 Å². The smallest absolute Gasteiger partial charge is 0.163 e. The van der Waals surface area contributed by atoms with E-state index in [1.807, 2.05) is 0 Å². The van der Waals surface area contributed by atoms with Crippen molar-refractivity contribution in [2.45, 2.75) is 0 Å². The molecule has 0 bridgehead atoms. The van der Waals surface area contributed by atoms with Crippen molar-refractivity contribution in [3.63, 3.8) is 0 Å². The molecule has 9 rings (SSSR count). The topological polar surface area (TPSA) is 56.7 Å². The predicted octanol–water partition coefficient (Wildman–Crippen LogP) is -31.9. The number of benzene rings is 6. The Morgan fingerprint density at radius 1 is 0.235 bits per heavy atom. The van der Waals surface area contributed by atoms with Gasteiger partial charge in [-0.05, 0) is 16.2 Å². The zero-order valence-electron chi connectivity index (χ0n) is 45.7. The van der Waals surface area contributed by atoms with Crippen LogP contribution in [0, 0.1) is 0 Å². The van der Waals surface area contributed by atoms with E-state index in [9.17, 15) is 0 Å². The SMILES string of the molecule is Bc1c(B)c(B)c(-c2nc(-c3c(B)c(B)c(B)c(B)c3B)nc(-c3c(B)c(B)c4c(oc5c(-n6c7c(B)c(B)c(B)c(B)c7c7c(B)c(B)c(B)c(B)c76)c(B)c(B)c(B)c54)c3B)n2)c(B)c1B. The van der Waals surface area contributed by atoms with Crippen LogP contribution >= 0.6 is 0 Å². The van der Waals surface area contributed by atoms with Crippen molar-refractivity contribution < 1.29 is 4.42 Å². The molecular formula is C39H48B24N4O. The van der Waals surface area contributed by atoms with Crippen LogP contribution < -0.4 is 131 Å². The fourth-order valence-electron chi connectivity index (χ4n) is 12.2. The number of hydrogen-bond acceptors (Lipinski definition) is 4. The Balaban J connectivity index is 1.46. The largest absolute Gasteiger partial charge is 0.454 e. The molecule has 0 aliphatic carbocycles. The molecular weight excluding hydrogens is 800 g/mol. The molecule has 0 saturated heterocycles. The molecule has 29 heteroatoms. The summed E-state index contributed by atoms with van der Waals surface area (Å²) in [5.74, 6) is 2.10. The Morgan fingerprint density at radius 3 is 0.868 bits per heavy atom. The molecule has 3 aromatic heterocycles. The van der Waals surface area contributed by atoms with Gasteiger partial charge in [0.2, 0.25) is 0 Å². The number of fused-ring (bicyclic) bond motifs is 6. The van der Waals surface area contributed by atoms with Crippen LogP contribution in [0.4, 0.5) is 0 Å². The van der Waals surface area contributed by atoms with E-state index >= 15 is 0 Å². The van der Waals surface area contributed by atoms with Crippen LogP contribution in [0.15, 0.2) is 4.42 Å². The first-order chi connectivity index (χ1) is 31.8. The number of aromatic nitrogens is 4. The summed E-state index contributed by atoms with van der Waals surface area (Å²) in [6.07, 6.45) is 0. The molecule has 3 heterocycles. The van der Waals surface area contributed by atoms with Gasteiger partial charge in [-0.15, -0.1) is 43.7 Å². The van der Waals surface area contributed by atoms with Gasteiger partial charge in [0.1, 0.15) is 194 Å². The molecule has 0 N–H and O–H groups in total. The molecule has 302 valence electrons. The lowest BCUT2D eigenvalue weighted by Gasteiger charge is -2.23. The Morgan fingerprint density at radius 2 is 0.485 bits per heavy atom. The van der Waals surface area contributed by atoms with E-state index in [4.69, 9.17) is 19.4 Å². The predicted molar refractivity (Wildman–Crippen MR) is 374 cm³/mol. The van der Waals surface area contributed by atoms with Crippen molar-refractivity contribution >= 4 is 363 Å². The second-order valence-corrected chi connectivity index (χ2v) is 21.1. The molecule has 5 nitrogen and oxygen atoms in total. The molecule has 68 heavy (non-hydrogen) atoms. The standard InChI is InChI=1S/C39H48B24N4O/c40-8-1-2-9(41)19(51)28(60)30(62)33(2)67(32(1)29(61)27(59)18(8)50)34-31(63)24(56)11(43)4-3-10(42)12(44)7(17(49)35(3)68-36(4)34)39-65-37(5-13(45)20(52)25(57)21(53)14(5)46)64-38(66-39)6-15(47)22(54)26(58)23(55)16(6)48/h40-63H2. The van der Waals surface area contributed by atoms with Crippen LogP contribution in [0.3, 0.4) is 0 Å². The summed E-state index contributed by atoms with van der Waals surface area (Å²) in [7, 11) is 54.4. The zero-order chi connectivity index (χ0) is 49.9. The van der Waals surface area contributed by atoms with Crippen LogP contribution in [-0.4, -0.2) is 208 Å². The van der Waals surface area contributed by atoms with Gasteiger partial charge in [-0.2, -0.15) is 0 Å². The minimum atomic E-state index is 0.676. The highest BCUT2D eigenvalue weighted by molar-refractivity contribution is 6.74. The molecule has 0 radical (unpaired) electrons. The summed E-state index contributed by atoms with van der Waals surface area (Å²) in [4.78, 5) is 16.6. The summed E-state index contributed by atoms with van der Waals surface area (Å²) in [5, 5.41) is 5.06. The second-order valence-electron chi connectivity index (χ2n) is 21.1. The maximum atomic E-state index is 7.60. The van der Waals surface area contributed by atoms with Gasteiger partial charge in [-0.25, -0.2) is 15.0 Å². The van der Waals surface area contributed by atoms with Crippen molar-refractivity contribution in [2.75, 3.05) is 0 Å². The van der Waals surface area contributed by atoms with E-state index < -0.39 is 0 Å². The molecule has 0 saturated carbocycles. The third-order valence-corrected chi connectivity index (χ3v) is 18.5. The number of nitrogens with zero attached hydrogens (tertiary/aromatic N) is 4. The lowest BCUT2D eigenvalue weighted by molar-refractivity contribution is 0.670. The Hall–Kier alpha value is -4.51. The first kappa shape index (κ1) is 48.5. The summed E-state index contributed by atoms with van der Waals surface area (Å²) >= 11 is 0. The van der Waals surface area contributed by atoms with E-state index in [2.05, 4.69) is 193 Å². The summed E-state index contributed by atoms with van der Waals surface area (Å²) < 4.78 is 10.2. The fourth-order valence-corrected chi connectivity index (χ4v) is 12.2. The van der Waals surface area contributed by atoms with Crippen molar-refractivity contribution in [1.29, 1.82) is 0 Å². The van der Waals surface area contributed by atoms with Crippen molar-refractivity contribution in [1.82, 2.24) is 19.5 Å². The highest BCUT2D eigenvalue weighted by Gasteiger charge is 2.30. The van der Waals surface area contributed by atoms with Gasteiger partial charge >= 0.3 is 0 Å². The lowest BCUT2D eigenvalue weighted by atomic mass is 9.60. The average molecular weight is 848 g/mol. The maximum absolute atomic E-state index is 7.60. The molecule has 0 fully saturated rings. The van der Waals surface area contributed by atoms with E-state index in [1.54, 1.807) is 0 Å². The monoisotopic (exact) mass is 853 g/mol. The molecule has 9 aromatic rings. The van der Waals surface area contributed by atoms with Crippen molar-refractivity contribution in [2.24, 2.45) is 0 Å². The highest BCUT2D eigenvalue weighted by atomic mass is 16.3. The van der Waals surface area contributed by atoms with Crippen LogP contribution in [0.1, 0.15) is 0 Å². The Bertz CT molecular complexity index is 3640. The van der Waals surface area contributed by atoms with Gasteiger partial charge in [0.15, 0.2) is 23.1 Å². The zero-order valence-corrected chi connectivity index (χ0v) is 45.7. The number of furan rings is 1. The maximum Gasteiger partial charge on any atom is 0.163 e. The molecule has 6 aromatic carbocycles. The van der Waals surface area contributed by atoms with Gasteiger partial charge in [0.05, 0.1) is 5.69 Å². The molecule has 0 aliphatic rings. The third kappa shape index (κ3) is 6.40. The molecule has 0 spiro atoms. The summed E-state index contributed by atoms with van der Waals surface area (Å²) in [6.45, 7) is 0. The first-order valence-electron chi connectivity index (χ1n) is 24.7. The Kier molecular flexibility index (Phi) is 11.8. The van der Waals surface area contributed by atoms with Gasteiger partial charge in [0, 0.05) is 38.5 Å². The Labute approximate surface area is 424 Å². The number of hydrogen-bond donors (Lipinski definition) is 0. The van der Waals surface area contributed by atoms with Crippen molar-refractivity contribution in [3.8, 4) is 39.9 Å². The molecule has 0 unspecified atom stereocenters. The van der Waals surface area contributed by atoms with E-state index in [-0.39, 0.29) is 0 Å². The second kappa shape index (κ2) is 16.5. The van der Waals surface area contributed by atoms with E-state index in [1.165, 1.54) is 153 Å². The minimum Gasteiger partial charge on any atom is -0.454 e. The van der Waals surface area contributed by atoms with Gasteiger partial charge in [-0.1, -0.05) is 81.9 Å². The number of rotatable bonds is 4. The first-order valence-corrected chi connectivity index (χ1v) is 24.7. The van der Waals surface area contributed by atoms with Crippen LogP contribution in [0.5, 0.6) is 0 Å². The normalized spacial score (nSPS) is 11.8. The lowest BCUT2D eigenvalue weighted by Crippen LogP contribution is -2.55. The van der Waals surface area contributed by atoms with E-state index in [0.717, 1.165) is 44.5 Å². The van der Waals surface area contributed by atoms with Gasteiger partial charge in [0.25, 0.3) is 0 Å². The third-order valence-electron chi connectivity index (χ3n) is 18.5.